The second-order valence-electron chi connectivity index (χ2n) is 10.0. The highest BCUT2D eigenvalue weighted by atomic mass is 19.1. The van der Waals surface area contributed by atoms with Crippen molar-refractivity contribution in [2.45, 2.75) is 57.2 Å². The van der Waals surface area contributed by atoms with Crippen molar-refractivity contribution in [2.24, 2.45) is 11.8 Å². The van der Waals surface area contributed by atoms with Crippen LogP contribution in [0, 0.1) is 29.0 Å². The molecule has 0 aromatic heterocycles. The second kappa shape index (κ2) is 8.42. The fraction of sp³-hybridized carbons (Fsp3) is 0.481. The minimum atomic E-state index is -0.505. The molecule has 0 radical (unpaired) electrons. The maximum absolute atomic E-state index is 15.0. The van der Waals surface area contributed by atoms with Gasteiger partial charge in [-0.15, -0.1) is 0 Å². The van der Waals surface area contributed by atoms with E-state index in [1.54, 1.807) is 12.1 Å². The Morgan fingerprint density at radius 3 is 2.59 bits per heavy atom. The van der Waals surface area contributed by atoms with Gasteiger partial charge in [0, 0.05) is 19.5 Å². The van der Waals surface area contributed by atoms with E-state index in [4.69, 9.17) is 0 Å². The monoisotopic (exact) mass is 431 g/mol. The molecule has 5 heteroatoms. The molecule has 3 fully saturated rings. The predicted octanol–water partition coefficient (Wildman–Crippen LogP) is 4.61. The topological polar surface area (TPSA) is 56.1 Å². The Morgan fingerprint density at radius 1 is 1.19 bits per heavy atom. The Labute approximate surface area is 189 Å². The van der Waals surface area contributed by atoms with Crippen LogP contribution in [0.4, 0.5) is 4.39 Å². The SMILES string of the molecule is CN1Cc2ccc(-c3ccc(C[C@@H](C#N)CC(=O)C45CCC(CC4)CN5)c(F)c3)cc2C1. The number of rotatable bonds is 6. The summed E-state index contributed by atoms with van der Waals surface area (Å²) < 4.78 is 15.0. The summed E-state index contributed by atoms with van der Waals surface area (Å²) in [5.74, 6) is 0.00875. The van der Waals surface area contributed by atoms with Gasteiger partial charge in [0.1, 0.15) is 5.82 Å². The molecule has 1 saturated carbocycles. The summed E-state index contributed by atoms with van der Waals surface area (Å²) in [5, 5.41) is 13.1. The van der Waals surface area contributed by atoms with Crippen LogP contribution in [-0.2, 0) is 24.3 Å². The minimum absolute atomic E-state index is 0.127. The first kappa shape index (κ1) is 21.3. The van der Waals surface area contributed by atoms with Gasteiger partial charge in [0.2, 0.25) is 0 Å². The van der Waals surface area contributed by atoms with Crippen molar-refractivity contribution in [1.29, 1.82) is 5.26 Å². The van der Waals surface area contributed by atoms with Gasteiger partial charge in [-0.3, -0.25) is 9.69 Å². The van der Waals surface area contributed by atoms with E-state index >= 15 is 0 Å². The summed E-state index contributed by atoms with van der Waals surface area (Å²) >= 11 is 0. The summed E-state index contributed by atoms with van der Waals surface area (Å²) in [4.78, 5) is 15.3. The van der Waals surface area contributed by atoms with Crippen molar-refractivity contribution in [2.75, 3.05) is 13.6 Å². The molecule has 6 rings (SSSR count). The molecule has 4 aliphatic rings. The smallest absolute Gasteiger partial charge is 0.154 e. The molecule has 2 saturated heterocycles. The summed E-state index contributed by atoms with van der Waals surface area (Å²) in [6, 6.07) is 13.9. The maximum atomic E-state index is 15.0. The normalized spacial score (nSPS) is 25.3. The number of ketones is 1. The number of nitriles is 1. The molecule has 3 aliphatic heterocycles. The van der Waals surface area contributed by atoms with Crippen molar-refractivity contribution in [3.63, 3.8) is 0 Å². The van der Waals surface area contributed by atoms with Gasteiger partial charge < -0.3 is 5.32 Å². The van der Waals surface area contributed by atoms with Crippen LogP contribution in [0.5, 0.6) is 0 Å². The average Bonchev–Trinajstić information content (AvgIpc) is 3.20. The van der Waals surface area contributed by atoms with Crippen molar-refractivity contribution < 1.29 is 9.18 Å². The van der Waals surface area contributed by atoms with Crippen LogP contribution in [0.2, 0.25) is 0 Å². The molecule has 1 aliphatic carbocycles. The van der Waals surface area contributed by atoms with Crippen molar-refractivity contribution >= 4 is 5.78 Å². The molecule has 2 aromatic carbocycles. The van der Waals surface area contributed by atoms with Crippen LogP contribution in [0.1, 0.15) is 48.8 Å². The lowest BCUT2D eigenvalue weighted by molar-refractivity contribution is -0.129. The molecule has 3 heterocycles. The Kier molecular flexibility index (Phi) is 5.61. The highest BCUT2D eigenvalue weighted by Crippen LogP contribution is 2.39. The van der Waals surface area contributed by atoms with E-state index in [9.17, 15) is 14.4 Å². The third-order valence-electron chi connectivity index (χ3n) is 7.78. The molecule has 32 heavy (non-hydrogen) atoms. The van der Waals surface area contributed by atoms with Gasteiger partial charge >= 0.3 is 0 Å². The zero-order chi connectivity index (χ0) is 22.3. The standard InChI is InChI=1S/C27H30FN3O/c1-31-16-23-5-3-20(12-24(23)17-31)21-2-4-22(25(28)13-21)10-19(14-29)11-26(32)27-8-6-18(7-9-27)15-30-27/h2-5,12-13,18-19,30H,6-11,15-17H2,1H3/t18?,19-,27?/m1/s1. The van der Waals surface area contributed by atoms with Gasteiger partial charge in [0.25, 0.3) is 0 Å². The third-order valence-corrected chi connectivity index (χ3v) is 7.78. The van der Waals surface area contributed by atoms with E-state index in [0.717, 1.165) is 56.4 Å². The molecule has 0 amide bonds. The van der Waals surface area contributed by atoms with Crippen LogP contribution in [0.3, 0.4) is 0 Å². The van der Waals surface area contributed by atoms with Crippen molar-refractivity contribution in [3.8, 4) is 17.2 Å². The quantitative estimate of drug-likeness (QED) is 0.726. The molecule has 4 nitrogen and oxygen atoms in total. The number of carbonyl (C=O) groups is 1. The van der Waals surface area contributed by atoms with Crippen molar-refractivity contribution in [1.82, 2.24) is 10.2 Å². The molecule has 0 unspecified atom stereocenters. The van der Waals surface area contributed by atoms with Gasteiger partial charge in [0.05, 0.1) is 17.5 Å². The van der Waals surface area contributed by atoms with E-state index in [2.05, 4.69) is 35.5 Å². The van der Waals surface area contributed by atoms with E-state index in [-0.39, 0.29) is 24.4 Å². The number of nitrogens with zero attached hydrogens (tertiary/aromatic N) is 2. The Balaban J connectivity index is 1.28. The van der Waals surface area contributed by atoms with Crippen molar-refractivity contribution in [3.05, 3.63) is 58.9 Å². The van der Waals surface area contributed by atoms with Crippen LogP contribution in [0.15, 0.2) is 36.4 Å². The Bertz CT molecular complexity index is 1070. The molecule has 1 atom stereocenters. The third kappa shape index (κ3) is 3.98. The molecular formula is C27H30FN3O. The second-order valence-corrected chi connectivity index (χ2v) is 10.0. The van der Waals surface area contributed by atoms with Crippen LogP contribution in [0.25, 0.3) is 11.1 Å². The Hall–Kier alpha value is -2.55. The number of halogens is 1. The number of benzene rings is 2. The van der Waals surface area contributed by atoms with Crippen LogP contribution < -0.4 is 5.32 Å². The lowest BCUT2D eigenvalue weighted by Gasteiger charge is -2.46. The first-order valence-corrected chi connectivity index (χ1v) is 11.7. The lowest BCUT2D eigenvalue weighted by atomic mass is 9.68. The number of hydrogen-bond donors (Lipinski definition) is 1. The maximum Gasteiger partial charge on any atom is 0.154 e. The average molecular weight is 432 g/mol. The number of nitrogens with one attached hydrogen (secondary N) is 1. The number of Topliss-reactive ketones (excluding diaryl/α,β-unsaturated/α-hetero) is 1. The predicted molar refractivity (Wildman–Crippen MR) is 122 cm³/mol. The lowest BCUT2D eigenvalue weighted by Crippen LogP contribution is -2.60. The van der Waals surface area contributed by atoms with Crippen LogP contribution >= 0.6 is 0 Å². The largest absolute Gasteiger partial charge is 0.305 e. The first-order chi connectivity index (χ1) is 15.5. The number of piperidine rings is 2. The fourth-order valence-electron chi connectivity index (χ4n) is 5.75. The van der Waals surface area contributed by atoms with Gasteiger partial charge in [0.15, 0.2) is 5.78 Å². The summed E-state index contributed by atoms with van der Waals surface area (Å²) in [7, 11) is 2.10. The molecule has 2 bridgehead atoms. The highest BCUT2D eigenvalue weighted by Gasteiger charge is 2.45. The number of fused-ring (bicyclic) bond motifs is 4. The van der Waals surface area contributed by atoms with E-state index < -0.39 is 11.5 Å². The number of carbonyl (C=O) groups excluding carboxylic acids is 1. The van der Waals surface area contributed by atoms with Gasteiger partial charge in [-0.05, 0) is 91.6 Å². The summed E-state index contributed by atoms with van der Waals surface area (Å²) in [5.41, 5.74) is 4.53. The molecular weight excluding hydrogens is 401 g/mol. The zero-order valence-corrected chi connectivity index (χ0v) is 18.7. The Morgan fingerprint density at radius 2 is 1.91 bits per heavy atom. The zero-order valence-electron chi connectivity index (χ0n) is 18.7. The summed E-state index contributed by atoms with van der Waals surface area (Å²) in [6.07, 6.45) is 4.37. The molecule has 1 N–H and O–H groups in total. The van der Waals surface area contributed by atoms with Gasteiger partial charge in [-0.1, -0.05) is 24.3 Å². The highest BCUT2D eigenvalue weighted by molar-refractivity contribution is 5.89. The molecule has 166 valence electrons. The number of hydrogen-bond acceptors (Lipinski definition) is 4. The van der Waals surface area contributed by atoms with E-state index in [0.29, 0.717) is 11.5 Å². The fourth-order valence-corrected chi connectivity index (χ4v) is 5.75. The van der Waals surface area contributed by atoms with Gasteiger partial charge in [-0.2, -0.15) is 5.26 Å². The van der Waals surface area contributed by atoms with Gasteiger partial charge in [-0.25, -0.2) is 4.39 Å². The van der Waals surface area contributed by atoms with E-state index in [1.165, 1.54) is 11.1 Å². The minimum Gasteiger partial charge on any atom is -0.305 e. The first-order valence-electron chi connectivity index (χ1n) is 11.7. The molecule has 0 spiro atoms. The van der Waals surface area contributed by atoms with E-state index in [1.807, 2.05) is 12.1 Å². The summed E-state index contributed by atoms with van der Waals surface area (Å²) in [6.45, 7) is 2.77. The van der Waals surface area contributed by atoms with Crippen LogP contribution in [-0.4, -0.2) is 29.8 Å². The molecule has 2 aromatic rings.